The smallest absolute Gasteiger partial charge is 0.351 e. The number of halogens is 4. The molecule has 2 rings (SSSR count). The zero-order valence-corrected chi connectivity index (χ0v) is 16.2. The Bertz CT molecular complexity index is 789. The number of nitrogens with two attached hydrogens (primary N) is 1. The molecule has 1 atom stereocenters. The van der Waals surface area contributed by atoms with Crippen LogP contribution in [0.5, 0.6) is 0 Å². The first-order valence-electron chi connectivity index (χ1n) is 8.40. The maximum Gasteiger partial charge on any atom is 0.416 e. The third-order valence-electron chi connectivity index (χ3n) is 4.04. The number of carbonyl (C=O) groups is 1. The van der Waals surface area contributed by atoms with Crippen molar-refractivity contribution in [1.29, 1.82) is 0 Å². The summed E-state index contributed by atoms with van der Waals surface area (Å²) in [6.07, 6.45) is -3.34. The number of aromatic nitrogens is 2. The van der Waals surface area contributed by atoms with Crippen LogP contribution < -0.4 is 11.1 Å². The van der Waals surface area contributed by atoms with Gasteiger partial charge in [0, 0.05) is 12.2 Å². The summed E-state index contributed by atoms with van der Waals surface area (Å²) in [5.74, 6) is -0.456. The van der Waals surface area contributed by atoms with E-state index in [1.807, 2.05) is 6.92 Å². The fourth-order valence-electron chi connectivity index (χ4n) is 2.76. The fourth-order valence-corrected chi connectivity index (χ4v) is 2.76. The minimum atomic E-state index is -4.54. The first-order valence-corrected chi connectivity index (χ1v) is 8.40. The number of alkyl halides is 3. The summed E-state index contributed by atoms with van der Waals surface area (Å²) in [6.45, 7) is 5.20. The summed E-state index contributed by atoms with van der Waals surface area (Å²) in [7, 11) is 0. The summed E-state index contributed by atoms with van der Waals surface area (Å²) in [4.78, 5) is 11.9. The topological polar surface area (TPSA) is 72.9 Å². The fraction of sp³-hybridized carbons (Fsp3) is 0.444. The largest absolute Gasteiger partial charge is 0.416 e. The van der Waals surface area contributed by atoms with Crippen LogP contribution in [0.25, 0.3) is 5.69 Å². The zero-order valence-electron chi connectivity index (χ0n) is 15.4. The molecule has 0 saturated carbocycles. The second kappa shape index (κ2) is 9.23. The molecule has 2 aromatic rings. The summed E-state index contributed by atoms with van der Waals surface area (Å²) in [5, 5.41) is 6.70. The molecule has 0 spiro atoms. The summed E-state index contributed by atoms with van der Waals surface area (Å²) < 4.78 is 41.9. The molecule has 3 N–H and O–H groups in total. The van der Waals surface area contributed by atoms with E-state index in [1.54, 1.807) is 26.0 Å². The molecule has 0 bridgehead atoms. The maximum absolute atomic E-state index is 13.5. The van der Waals surface area contributed by atoms with Gasteiger partial charge in [-0.1, -0.05) is 19.4 Å². The summed E-state index contributed by atoms with van der Waals surface area (Å²) in [6, 6.07) is 5.04. The highest BCUT2D eigenvalue weighted by Gasteiger charge is 2.34. The predicted octanol–water partition coefficient (Wildman–Crippen LogP) is 3.67. The minimum absolute atomic E-state index is 0. The SMILES string of the molecule is CCCC(N)C(=O)NCc1ccc(-n2nc(C)cc2C)cc1C(F)(F)F.Cl. The Morgan fingerprint density at radius 1 is 1.30 bits per heavy atom. The Morgan fingerprint density at radius 3 is 2.48 bits per heavy atom. The van der Waals surface area contributed by atoms with Crippen LogP contribution in [0.15, 0.2) is 24.3 Å². The van der Waals surface area contributed by atoms with Gasteiger partial charge in [-0.25, -0.2) is 4.68 Å². The van der Waals surface area contributed by atoms with Crippen LogP contribution >= 0.6 is 12.4 Å². The molecule has 1 unspecified atom stereocenters. The molecule has 27 heavy (non-hydrogen) atoms. The van der Waals surface area contributed by atoms with Gasteiger partial charge < -0.3 is 11.1 Å². The number of benzene rings is 1. The van der Waals surface area contributed by atoms with Crippen molar-refractivity contribution in [2.75, 3.05) is 0 Å². The first kappa shape index (κ1) is 23.0. The lowest BCUT2D eigenvalue weighted by atomic mass is 10.1. The first-order chi connectivity index (χ1) is 12.1. The van der Waals surface area contributed by atoms with Crippen LogP contribution in [0.4, 0.5) is 13.2 Å². The van der Waals surface area contributed by atoms with E-state index in [9.17, 15) is 18.0 Å². The van der Waals surface area contributed by atoms with Crippen LogP contribution in [-0.2, 0) is 17.5 Å². The molecule has 0 fully saturated rings. The maximum atomic E-state index is 13.5. The normalized spacial score (nSPS) is 12.4. The van der Waals surface area contributed by atoms with E-state index >= 15 is 0 Å². The second-order valence-corrected chi connectivity index (χ2v) is 6.29. The molecule has 150 valence electrons. The van der Waals surface area contributed by atoms with E-state index < -0.39 is 23.7 Å². The van der Waals surface area contributed by atoms with Gasteiger partial charge in [-0.2, -0.15) is 18.3 Å². The highest BCUT2D eigenvalue weighted by atomic mass is 35.5. The van der Waals surface area contributed by atoms with Crippen LogP contribution in [0.3, 0.4) is 0 Å². The van der Waals surface area contributed by atoms with Crippen LogP contribution in [0.1, 0.15) is 42.3 Å². The van der Waals surface area contributed by atoms with Crippen molar-refractivity contribution in [1.82, 2.24) is 15.1 Å². The van der Waals surface area contributed by atoms with Gasteiger partial charge in [-0.15, -0.1) is 12.4 Å². The standard InChI is InChI=1S/C18H23F3N4O.ClH/c1-4-5-16(22)17(26)23-10-13-6-7-14(9-15(13)18(19,20)21)25-12(3)8-11(2)24-25;/h6-9,16H,4-5,10,22H2,1-3H3,(H,23,26);1H. The van der Waals surface area contributed by atoms with Crippen molar-refractivity contribution in [3.8, 4) is 5.69 Å². The zero-order chi connectivity index (χ0) is 19.5. The molecule has 1 aromatic heterocycles. The Labute approximate surface area is 162 Å². The highest BCUT2D eigenvalue weighted by Crippen LogP contribution is 2.33. The molecule has 9 heteroatoms. The second-order valence-electron chi connectivity index (χ2n) is 6.29. The number of amides is 1. The molecule has 1 heterocycles. The third-order valence-corrected chi connectivity index (χ3v) is 4.04. The average molecular weight is 405 g/mol. The van der Waals surface area contributed by atoms with Gasteiger partial charge in [0.1, 0.15) is 0 Å². The molecule has 0 aliphatic heterocycles. The van der Waals surface area contributed by atoms with Crippen molar-refractivity contribution in [3.05, 3.63) is 46.8 Å². The summed E-state index contributed by atoms with van der Waals surface area (Å²) >= 11 is 0. The predicted molar refractivity (Wildman–Crippen MR) is 100 cm³/mol. The number of hydrogen-bond donors (Lipinski definition) is 2. The quantitative estimate of drug-likeness (QED) is 0.771. The third kappa shape index (κ3) is 5.71. The molecular weight excluding hydrogens is 381 g/mol. The molecule has 0 saturated heterocycles. The van der Waals surface area contributed by atoms with Crippen molar-refractivity contribution in [2.24, 2.45) is 5.73 Å². The van der Waals surface area contributed by atoms with Gasteiger partial charge in [0.2, 0.25) is 5.91 Å². The van der Waals surface area contributed by atoms with Gasteiger partial charge in [-0.3, -0.25) is 4.79 Å². The van der Waals surface area contributed by atoms with Gasteiger partial charge in [0.25, 0.3) is 0 Å². The lowest BCUT2D eigenvalue weighted by Crippen LogP contribution is -2.40. The van der Waals surface area contributed by atoms with Gasteiger partial charge in [0.05, 0.1) is 23.0 Å². The molecular formula is C18H24ClF3N4O. The van der Waals surface area contributed by atoms with Gasteiger partial charge >= 0.3 is 6.18 Å². The van der Waals surface area contributed by atoms with E-state index in [0.717, 1.165) is 23.9 Å². The monoisotopic (exact) mass is 404 g/mol. The Morgan fingerprint density at radius 2 is 1.96 bits per heavy atom. The average Bonchev–Trinajstić information content (AvgIpc) is 2.90. The number of carbonyl (C=O) groups excluding carboxylic acids is 1. The molecule has 5 nitrogen and oxygen atoms in total. The number of nitrogens with one attached hydrogen (secondary N) is 1. The van der Waals surface area contributed by atoms with Gasteiger partial charge in [0.15, 0.2) is 0 Å². The van der Waals surface area contributed by atoms with E-state index in [2.05, 4.69) is 10.4 Å². The Balaban J connectivity index is 0.00000364. The molecule has 1 amide bonds. The van der Waals surface area contributed by atoms with Crippen molar-refractivity contribution >= 4 is 18.3 Å². The summed E-state index contributed by atoms with van der Waals surface area (Å²) in [5.41, 5.74) is 6.65. The van der Waals surface area contributed by atoms with E-state index in [-0.39, 0.29) is 24.5 Å². The lowest BCUT2D eigenvalue weighted by Gasteiger charge is -2.17. The highest BCUT2D eigenvalue weighted by molar-refractivity contribution is 5.85. The van der Waals surface area contributed by atoms with E-state index in [4.69, 9.17) is 5.73 Å². The van der Waals surface area contributed by atoms with Crippen molar-refractivity contribution in [3.63, 3.8) is 0 Å². The van der Waals surface area contributed by atoms with E-state index in [0.29, 0.717) is 12.1 Å². The number of hydrogen-bond acceptors (Lipinski definition) is 3. The molecule has 0 aliphatic rings. The Hall–Kier alpha value is -2.06. The van der Waals surface area contributed by atoms with Crippen molar-refractivity contribution < 1.29 is 18.0 Å². The van der Waals surface area contributed by atoms with Crippen molar-refractivity contribution in [2.45, 2.75) is 52.4 Å². The number of aryl methyl sites for hydroxylation is 2. The lowest BCUT2D eigenvalue weighted by molar-refractivity contribution is -0.138. The molecule has 1 aromatic carbocycles. The minimum Gasteiger partial charge on any atom is -0.351 e. The van der Waals surface area contributed by atoms with Crippen LogP contribution in [-0.4, -0.2) is 21.7 Å². The molecule has 0 radical (unpaired) electrons. The van der Waals surface area contributed by atoms with Crippen LogP contribution in [0, 0.1) is 13.8 Å². The number of rotatable bonds is 6. The molecule has 0 aliphatic carbocycles. The van der Waals surface area contributed by atoms with E-state index in [1.165, 1.54) is 10.7 Å². The Kier molecular flexibility index (Phi) is 7.86. The van der Waals surface area contributed by atoms with Crippen LogP contribution in [0.2, 0.25) is 0 Å². The number of nitrogens with zero attached hydrogens (tertiary/aromatic N) is 2. The van der Waals surface area contributed by atoms with Gasteiger partial charge in [-0.05, 0) is 44.0 Å².